The minimum absolute atomic E-state index is 0.210. The molecule has 1 amide bonds. The fourth-order valence-corrected chi connectivity index (χ4v) is 3.06. The topological polar surface area (TPSA) is 69.0 Å². The highest BCUT2D eigenvalue weighted by molar-refractivity contribution is 6.30. The maximum atomic E-state index is 12.6. The van der Waals surface area contributed by atoms with Gasteiger partial charge in [-0.2, -0.15) is 5.10 Å². The number of benzene rings is 1. The number of ether oxygens (including phenoxy) is 1. The van der Waals surface area contributed by atoms with Gasteiger partial charge in [-0.3, -0.25) is 4.79 Å². The van der Waals surface area contributed by atoms with Crippen molar-refractivity contribution < 1.29 is 9.53 Å². The Kier molecular flexibility index (Phi) is 4.12. The molecule has 7 heteroatoms. The van der Waals surface area contributed by atoms with Gasteiger partial charge in [-0.05, 0) is 44.2 Å². The summed E-state index contributed by atoms with van der Waals surface area (Å²) in [4.78, 5) is 17.0. The van der Waals surface area contributed by atoms with Crippen LogP contribution in [0, 0.1) is 0 Å². The molecule has 0 bridgehead atoms. The average molecular weight is 369 g/mol. The van der Waals surface area contributed by atoms with Gasteiger partial charge in [0.15, 0.2) is 5.65 Å². The minimum atomic E-state index is -0.229. The largest absolute Gasteiger partial charge is 0.488 e. The summed E-state index contributed by atoms with van der Waals surface area (Å²) in [5, 5.41) is 8.68. The van der Waals surface area contributed by atoms with Crippen LogP contribution in [0.15, 0.2) is 42.2 Å². The molecule has 3 heterocycles. The molecule has 132 valence electrons. The molecule has 0 saturated heterocycles. The van der Waals surface area contributed by atoms with Crippen LogP contribution in [-0.2, 0) is 4.79 Å². The number of hydrogen-bond donors (Lipinski definition) is 1. The van der Waals surface area contributed by atoms with Gasteiger partial charge < -0.3 is 10.1 Å². The normalized spacial score (nSPS) is 13.3. The summed E-state index contributed by atoms with van der Waals surface area (Å²) in [5.74, 6) is 0.489. The lowest BCUT2D eigenvalue weighted by Gasteiger charge is -2.17. The molecule has 0 aliphatic carbocycles. The molecule has 1 aliphatic heterocycles. The standard InChI is InChI=1S/C19H17ClN4O2/c1-11(2)24-18-13(8-22-24)7-16(9-21-18)23-19(25)14-5-12-6-15(20)3-4-17(12)26-10-14/h3-9,11H,10H2,1-2H3,(H,23,25). The number of amides is 1. The fraction of sp³-hybridized carbons (Fsp3) is 0.211. The Morgan fingerprint density at radius 2 is 2.15 bits per heavy atom. The van der Waals surface area contributed by atoms with Crippen molar-refractivity contribution in [1.82, 2.24) is 14.8 Å². The van der Waals surface area contributed by atoms with Gasteiger partial charge in [0.05, 0.1) is 23.7 Å². The van der Waals surface area contributed by atoms with E-state index in [0.29, 0.717) is 16.3 Å². The SMILES string of the molecule is CC(C)n1ncc2cc(NC(=O)C3=Cc4cc(Cl)ccc4OC3)cnc21. The Labute approximate surface area is 155 Å². The number of pyridine rings is 1. The van der Waals surface area contributed by atoms with Crippen LogP contribution in [0.4, 0.5) is 5.69 Å². The molecule has 0 radical (unpaired) electrons. The van der Waals surface area contributed by atoms with Crippen LogP contribution in [0.5, 0.6) is 5.75 Å². The summed E-state index contributed by atoms with van der Waals surface area (Å²) in [6.07, 6.45) is 5.18. The first kappa shape index (κ1) is 16.6. The minimum Gasteiger partial charge on any atom is -0.488 e. The van der Waals surface area contributed by atoms with Gasteiger partial charge >= 0.3 is 0 Å². The zero-order valence-electron chi connectivity index (χ0n) is 14.4. The molecule has 0 fully saturated rings. The van der Waals surface area contributed by atoms with Gasteiger partial charge in [0, 0.05) is 22.0 Å². The maximum Gasteiger partial charge on any atom is 0.255 e. The Bertz CT molecular complexity index is 1040. The van der Waals surface area contributed by atoms with Crippen molar-refractivity contribution in [3.8, 4) is 5.75 Å². The highest BCUT2D eigenvalue weighted by atomic mass is 35.5. The summed E-state index contributed by atoms with van der Waals surface area (Å²) >= 11 is 6.01. The number of anilines is 1. The molecular formula is C19H17ClN4O2. The predicted octanol–water partition coefficient (Wildman–Crippen LogP) is 4.08. The molecule has 0 spiro atoms. The zero-order valence-corrected chi connectivity index (χ0v) is 15.1. The van der Waals surface area contributed by atoms with Crippen LogP contribution in [-0.4, -0.2) is 27.3 Å². The van der Waals surface area contributed by atoms with Crippen molar-refractivity contribution in [2.75, 3.05) is 11.9 Å². The molecule has 1 N–H and O–H groups in total. The predicted molar refractivity (Wildman–Crippen MR) is 101 cm³/mol. The zero-order chi connectivity index (χ0) is 18.3. The van der Waals surface area contributed by atoms with Crippen LogP contribution in [0.1, 0.15) is 25.5 Å². The van der Waals surface area contributed by atoms with Crippen LogP contribution in [0.25, 0.3) is 17.1 Å². The van der Waals surface area contributed by atoms with Gasteiger partial charge in [0.25, 0.3) is 5.91 Å². The van der Waals surface area contributed by atoms with E-state index in [9.17, 15) is 4.79 Å². The van der Waals surface area contributed by atoms with Crippen molar-refractivity contribution in [3.63, 3.8) is 0 Å². The number of nitrogens with zero attached hydrogens (tertiary/aromatic N) is 3. The lowest BCUT2D eigenvalue weighted by molar-refractivity contribution is -0.113. The summed E-state index contributed by atoms with van der Waals surface area (Å²) in [5.41, 5.74) is 2.73. The number of fused-ring (bicyclic) bond motifs is 2. The molecule has 2 aromatic heterocycles. The Balaban J connectivity index is 1.57. The molecular weight excluding hydrogens is 352 g/mol. The van der Waals surface area contributed by atoms with Crippen molar-refractivity contribution in [2.24, 2.45) is 0 Å². The third-order valence-corrected chi connectivity index (χ3v) is 4.39. The summed E-state index contributed by atoms with van der Waals surface area (Å²) < 4.78 is 7.48. The Morgan fingerprint density at radius 1 is 1.31 bits per heavy atom. The van der Waals surface area contributed by atoms with E-state index >= 15 is 0 Å². The van der Waals surface area contributed by atoms with E-state index in [1.807, 2.05) is 24.6 Å². The van der Waals surface area contributed by atoms with E-state index < -0.39 is 0 Å². The number of halogens is 1. The summed E-state index contributed by atoms with van der Waals surface area (Å²) in [6, 6.07) is 7.42. The molecule has 1 aromatic carbocycles. The van der Waals surface area contributed by atoms with Crippen molar-refractivity contribution in [3.05, 3.63) is 52.8 Å². The number of hydrogen-bond acceptors (Lipinski definition) is 4. The third kappa shape index (κ3) is 3.04. The highest BCUT2D eigenvalue weighted by Gasteiger charge is 2.18. The molecule has 1 aliphatic rings. The molecule has 26 heavy (non-hydrogen) atoms. The lowest BCUT2D eigenvalue weighted by atomic mass is 10.1. The van der Waals surface area contributed by atoms with Crippen LogP contribution < -0.4 is 10.1 Å². The van der Waals surface area contributed by atoms with Crippen LogP contribution >= 0.6 is 11.6 Å². The smallest absolute Gasteiger partial charge is 0.255 e. The number of nitrogens with one attached hydrogen (secondary N) is 1. The quantitative estimate of drug-likeness (QED) is 0.756. The first-order chi connectivity index (χ1) is 12.5. The van der Waals surface area contributed by atoms with E-state index in [1.54, 1.807) is 36.7 Å². The van der Waals surface area contributed by atoms with Gasteiger partial charge in [-0.1, -0.05) is 11.6 Å². The fourth-order valence-electron chi connectivity index (χ4n) is 2.88. The second kappa shape index (κ2) is 6.46. The van der Waals surface area contributed by atoms with E-state index in [1.165, 1.54) is 0 Å². The van der Waals surface area contributed by atoms with Gasteiger partial charge in [-0.25, -0.2) is 9.67 Å². The van der Waals surface area contributed by atoms with Crippen LogP contribution in [0.2, 0.25) is 5.02 Å². The van der Waals surface area contributed by atoms with Crippen molar-refractivity contribution in [2.45, 2.75) is 19.9 Å². The highest BCUT2D eigenvalue weighted by Crippen LogP contribution is 2.29. The first-order valence-corrected chi connectivity index (χ1v) is 8.66. The number of rotatable bonds is 3. The molecule has 6 nitrogen and oxygen atoms in total. The first-order valence-electron chi connectivity index (χ1n) is 8.29. The summed E-state index contributed by atoms with van der Waals surface area (Å²) in [7, 11) is 0. The van der Waals surface area contributed by atoms with Crippen LogP contribution in [0.3, 0.4) is 0 Å². The Hall–Kier alpha value is -2.86. The monoisotopic (exact) mass is 368 g/mol. The summed E-state index contributed by atoms with van der Waals surface area (Å²) in [6.45, 7) is 4.30. The van der Waals surface area contributed by atoms with Gasteiger partial charge in [0.2, 0.25) is 0 Å². The van der Waals surface area contributed by atoms with E-state index in [-0.39, 0.29) is 18.6 Å². The van der Waals surface area contributed by atoms with E-state index in [0.717, 1.165) is 22.3 Å². The van der Waals surface area contributed by atoms with Gasteiger partial charge in [-0.15, -0.1) is 0 Å². The lowest BCUT2D eigenvalue weighted by Crippen LogP contribution is -2.21. The third-order valence-electron chi connectivity index (χ3n) is 4.16. The maximum absolute atomic E-state index is 12.6. The van der Waals surface area contributed by atoms with E-state index in [2.05, 4.69) is 15.4 Å². The Morgan fingerprint density at radius 3 is 2.96 bits per heavy atom. The van der Waals surface area contributed by atoms with Crippen molar-refractivity contribution in [1.29, 1.82) is 0 Å². The molecule has 3 aromatic rings. The number of carbonyl (C=O) groups excluding carboxylic acids is 1. The molecule has 0 saturated carbocycles. The van der Waals surface area contributed by atoms with Crippen molar-refractivity contribution >= 4 is 40.3 Å². The van der Waals surface area contributed by atoms with Gasteiger partial charge in [0.1, 0.15) is 12.4 Å². The molecule has 0 unspecified atom stereocenters. The van der Waals surface area contributed by atoms with E-state index in [4.69, 9.17) is 16.3 Å². The number of aromatic nitrogens is 3. The number of carbonyl (C=O) groups is 1. The second-order valence-electron chi connectivity index (χ2n) is 6.41. The second-order valence-corrected chi connectivity index (χ2v) is 6.85. The molecule has 4 rings (SSSR count). The average Bonchev–Trinajstić information content (AvgIpc) is 3.04. The molecule has 0 atom stereocenters.